The number of hydrogen-bond donors (Lipinski definition) is 1. The minimum absolute atomic E-state index is 0.249. The molecule has 3 nitrogen and oxygen atoms in total. The van der Waals surface area contributed by atoms with Crippen molar-refractivity contribution in [2.24, 2.45) is 40.4 Å². The highest BCUT2D eigenvalue weighted by Crippen LogP contribution is 2.68. The lowest BCUT2D eigenvalue weighted by atomic mass is 9.44. The number of ether oxygens (including phenoxy) is 1. The first-order valence-corrected chi connectivity index (χ1v) is 13.0. The average Bonchev–Trinajstić information content (AvgIpc) is 3.06. The SMILES string of the molecule is CCCCCC(=O)[C@H]1CC[C@H]2[C@@H]3CC[C@H]4C[C@@](O)(COC)CC[C@]4(C)[C@H]3CC[C@]12C. The van der Waals surface area contributed by atoms with Crippen LogP contribution in [-0.4, -0.2) is 30.2 Å². The molecule has 0 aromatic rings. The average molecular weight is 419 g/mol. The third-order valence-electron chi connectivity index (χ3n) is 10.6. The molecule has 0 bridgehead atoms. The summed E-state index contributed by atoms with van der Waals surface area (Å²) in [6.07, 6.45) is 14.8. The summed E-state index contributed by atoms with van der Waals surface area (Å²) in [6.45, 7) is 7.73. The van der Waals surface area contributed by atoms with E-state index < -0.39 is 5.60 Å². The van der Waals surface area contributed by atoms with Gasteiger partial charge in [-0.25, -0.2) is 0 Å². The lowest BCUT2D eigenvalue weighted by molar-refractivity contribution is -0.164. The van der Waals surface area contributed by atoms with Crippen LogP contribution in [0.3, 0.4) is 0 Å². The Kier molecular flexibility index (Phi) is 6.45. The van der Waals surface area contributed by atoms with Gasteiger partial charge in [0.2, 0.25) is 0 Å². The number of carbonyl (C=O) groups is 1. The summed E-state index contributed by atoms with van der Waals surface area (Å²) in [5, 5.41) is 11.0. The fourth-order valence-corrected chi connectivity index (χ4v) is 8.97. The van der Waals surface area contributed by atoms with Crippen molar-refractivity contribution in [3.8, 4) is 0 Å². The van der Waals surface area contributed by atoms with E-state index in [4.69, 9.17) is 4.74 Å². The molecule has 1 N–H and O–H groups in total. The first kappa shape index (κ1) is 22.8. The van der Waals surface area contributed by atoms with Crippen LogP contribution in [0.25, 0.3) is 0 Å². The van der Waals surface area contributed by atoms with Crippen molar-refractivity contribution < 1.29 is 14.6 Å². The summed E-state index contributed by atoms with van der Waals surface area (Å²) < 4.78 is 5.36. The van der Waals surface area contributed by atoms with Crippen molar-refractivity contribution in [1.82, 2.24) is 0 Å². The molecule has 0 radical (unpaired) electrons. The fourth-order valence-electron chi connectivity index (χ4n) is 8.97. The highest BCUT2D eigenvalue weighted by atomic mass is 16.5. The van der Waals surface area contributed by atoms with Crippen LogP contribution in [0.2, 0.25) is 0 Å². The lowest BCUT2D eigenvalue weighted by Gasteiger charge is -2.62. The highest BCUT2D eigenvalue weighted by molar-refractivity contribution is 5.82. The van der Waals surface area contributed by atoms with E-state index in [1.165, 1.54) is 44.9 Å². The van der Waals surface area contributed by atoms with Gasteiger partial charge in [-0.3, -0.25) is 4.79 Å². The van der Waals surface area contributed by atoms with Crippen LogP contribution in [0, 0.1) is 40.4 Å². The lowest BCUT2D eigenvalue weighted by Crippen LogP contribution is -2.56. The van der Waals surface area contributed by atoms with Gasteiger partial charge in [-0.05, 0) is 98.7 Å². The third-order valence-corrected chi connectivity index (χ3v) is 10.6. The molecule has 0 amide bonds. The molecule has 0 aromatic carbocycles. The smallest absolute Gasteiger partial charge is 0.136 e. The van der Waals surface area contributed by atoms with Crippen molar-refractivity contribution in [1.29, 1.82) is 0 Å². The summed E-state index contributed by atoms with van der Waals surface area (Å²) in [5.41, 5.74) is 0.00482. The highest BCUT2D eigenvalue weighted by Gasteiger charge is 2.61. The Balaban J connectivity index is 1.48. The zero-order valence-electron chi connectivity index (χ0n) is 20.0. The van der Waals surface area contributed by atoms with Gasteiger partial charge in [0.25, 0.3) is 0 Å². The van der Waals surface area contributed by atoms with Crippen molar-refractivity contribution in [2.75, 3.05) is 13.7 Å². The minimum atomic E-state index is -0.613. The van der Waals surface area contributed by atoms with Crippen LogP contribution in [0.1, 0.15) is 104 Å². The second-order valence-electron chi connectivity index (χ2n) is 12.1. The van der Waals surface area contributed by atoms with E-state index in [0.717, 1.165) is 56.3 Å². The van der Waals surface area contributed by atoms with E-state index in [2.05, 4.69) is 20.8 Å². The van der Waals surface area contributed by atoms with Gasteiger partial charge >= 0.3 is 0 Å². The molecule has 3 heteroatoms. The molecule has 0 aromatic heterocycles. The Morgan fingerprint density at radius 3 is 2.47 bits per heavy atom. The van der Waals surface area contributed by atoms with Crippen LogP contribution >= 0.6 is 0 Å². The molecule has 4 fully saturated rings. The van der Waals surface area contributed by atoms with E-state index in [1.807, 2.05) is 0 Å². The molecule has 0 spiro atoms. The summed E-state index contributed by atoms with van der Waals surface area (Å²) in [4.78, 5) is 13.1. The number of rotatable bonds is 7. The molecular formula is C27H46O3. The molecule has 0 heterocycles. The quantitative estimate of drug-likeness (QED) is 0.503. The van der Waals surface area contributed by atoms with E-state index in [0.29, 0.717) is 29.6 Å². The van der Waals surface area contributed by atoms with E-state index in [1.54, 1.807) is 7.11 Å². The van der Waals surface area contributed by atoms with Crippen molar-refractivity contribution in [2.45, 2.75) is 110 Å². The Labute approximate surface area is 184 Å². The fraction of sp³-hybridized carbons (Fsp3) is 0.963. The van der Waals surface area contributed by atoms with Gasteiger partial charge < -0.3 is 9.84 Å². The van der Waals surface area contributed by atoms with Crippen molar-refractivity contribution in [3.63, 3.8) is 0 Å². The van der Waals surface area contributed by atoms with E-state index >= 15 is 0 Å². The maximum Gasteiger partial charge on any atom is 0.136 e. The van der Waals surface area contributed by atoms with Gasteiger partial charge in [-0.1, -0.05) is 33.6 Å². The van der Waals surface area contributed by atoms with Crippen molar-refractivity contribution >= 4 is 5.78 Å². The summed E-state index contributed by atoms with van der Waals surface area (Å²) >= 11 is 0. The topological polar surface area (TPSA) is 46.5 Å². The molecule has 0 aliphatic heterocycles. The molecule has 4 aliphatic rings. The standard InChI is InChI=1S/C27H46O3/c1-5-6-7-8-24(28)23-12-11-21-20-10-9-19-17-27(29,18-30-4)16-15-25(19,2)22(20)13-14-26(21,23)3/h19-23,29H,5-18H2,1-4H3/t19-,20-,21-,22-,23+,25-,26-,27+/m0/s1. The summed E-state index contributed by atoms with van der Waals surface area (Å²) in [7, 11) is 1.71. The van der Waals surface area contributed by atoms with E-state index in [9.17, 15) is 9.90 Å². The van der Waals surface area contributed by atoms with Gasteiger partial charge in [0.05, 0.1) is 12.2 Å². The third kappa shape index (κ3) is 3.70. The molecule has 0 unspecified atom stereocenters. The molecule has 0 saturated heterocycles. The molecule has 30 heavy (non-hydrogen) atoms. The first-order chi connectivity index (χ1) is 14.3. The van der Waals surface area contributed by atoms with Crippen LogP contribution in [0.4, 0.5) is 0 Å². The Morgan fingerprint density at radius 2 is 1.73 bits per heavy atom. The van der Waals surface area contributed by atoms with E-state index in [-0.39, 0.29) is 5.41 Å². The Hall–Kier alpha value is -0.410. The van der Waals surface area contributed by atoms with Crippen LogP contribution in [-0.2, 0) is 9.53 Å². The maximum atomic E-state index is 13.1. The van der Waals surface area contributed by atoms with Crippen molar-refractivity contribution in [3.05, 3.63) is 0 Å². The predicted octanol–water partition coefficient (Wildman–Crippen LogP) is 6.17. The van der Waals surface area contributed by atoms with Crippen LogP contribution in [0.5, 0.6) is 0 Å². The molecular weight excluding hydrogens is 372 g/mol. The predicted molar refractivity (Wildman–Crippen MR) is 121 cm³/mol. The number of methoxy groups -OCH3 is 1. The molecule has 4 aliphatic carbocycles. The number of fused-ring (bicyclic) bond motifs is 5. The molecule has 4 rings (SSSR count). The number of unbranched alkanes of at least 4 members (excludes halogenated alkanes) is 2. The van der Waals surface area contributed by atoms with Gasteiger partial charge in [0.15, 0.2) is 0 Å². The largest absolute Gasteiger partial charge is 0.387 e. The zero-order chi connectivity index (χ0) is 21.6. The number of aliphatic hydroxyl groups is 1. The second kappa shape index (κ2) is 8.50. The molecule has 172 valence electrons. The summed E-state index contributed by atoms with van der Waals surface area (Å²) in [5.74, 6) is 3.86. The Morgan fingerprint density at radius 1 is 0.967 bits per heavy atom. The second-order valence-corrected chi connectivity index (χ2v) is 12.1. The number of Topliss-reactive ketones (excluding diaryl/α,β-unsaturated/α-hetero) is 1. The first-order valence-electron chi connectivity index (χ1n) is 13.0. The zero-order valence-corrected chi connectivity index (χ0v) is 20.0. The number of ketones is 1. The number of hydrogen-bond acceptors (Lipinski definition) is 3. The van der Waals surface area contributed by atoms with Gasteiger partial charge in [-0.15, -0.1) is 0 Å². The molecule has 8 atom stereocenters. The van der Waals surface area contributed by atoms with Crippen LogP contribution in [0.15, 0.2) is 0 Å². The minimum Gasteiger partial charge on any atom is -0.387 e. The van der Waals surface area contributed by atoms with Gasteiger partial charge in [0.1, 0.15) is 5.78 Å². The van der Waals surface area contributed by atoms with Crippen LogP contribution < -0.4 is 0 Å². The summed E-state index contributed by atoms with van der Waals surface area (Å²) in [6, 6.07) is 0. The van der Waals surface area contributed by atoms with Gasteiger partial charge in [0, 0.05) is 19.4 Å². The monoisotopic (exact) mass is 418 g/mol. The normalized spacial score (nSPS) is 48.0. The van der Waals surface area contributed by atoms with Gasteiger partial charge in [-0.2, -0.15) is 0 Å². The molecule has 4 saturated carbocycles. The Bertz CT molecular complexity index is 632. The maximum absolute atomic E-state index is 13.1. The number of carbonyl (C=O) groups excluding carboxylic acids is 1.